The highest BCUT2D eigenvalue weighted by atomic mass is 32.3. The molecule has 9 heteroatoms. The minimum absolute atomic E-state index is 0.0531. The van der Waals surface area contributed by atoms with E-state index in [1.165, 1.54) is 30.2 Å². The Morgan fingerprint density at radius 2 is 2.18 bits per heavy atom. The van der Waals surface area contributed by atoms with Gasteiger partial charge in [-0.25, -0.2) is 4.79 Å². The summed E-state index contributed by atoms with van der Waals surface area (Å²) in [4.78, 5) is 24.3. The molecule has 0 bridgehead atoms. The van der Waals surface area contributed by atoms with E-state index >= 15 is 0 Å². The van der Waals surface area contributed by atoms with Crippen LogP contribution in [0, 0.1) is 5.92 Å². The zero-order valence-corrected chi connectivity index (χ0v) is 12.5. The molecule has 1 amide bonds. The van der Waals surface area contributed by atoms with Crippen LogP contribution in [0.1, 0.15) is 16.8 Å². The number of halogens is 1. The molecule has 1 saturated heterocycles. The number of aromatic carboxylic acids is 1. The van der Waals surface area contributed by atoms with Gasteiger partial charge < -0.3 is 14.7 Å². The van der Waals surface area contributed by atoms with Gasteiger partial charge >= 0.3 is 16.2 Å². The molecule has 1 unspecified atom stereocenters. The second kappa shape index (κ2) is 5.91. The molecule has 0 saturated carbocycles. The average molecular weight is 331 g/mol. The molecule has 1 aliphatic rings. The van der Waals surface area contributed by atoms with Gasteiger partial charge in [0.15, 0.2) is 0 Å². The molecule has 1 fully saturated rings. The number of carbonyl (C=O) groups is 2. The van der Waals surface area contributed by atoms with Crippen LogP contribution in [0.4, 0.5) is 9.57 Å². The molecule has 1 atom stereocenters. The zero-order valence-electron chi connectivity index (χ0n) is 11.7. The van der Waals surface area contributed by atoms with Gasteiger partial charge in [-0.2, -0.15) is 8.42 Å². The first-order valence-corrected chi connectivity index (χ1v) is 7.90. The molecule has 1 heterocycles. The Hall–Kier alpha value is -2.16. The van der Waals surface area contributed by atoms with E-state index in [4.69, 9.17) is 9.84 Å². The van der Waals surface area contributed by atoms with Gasteiger partial charge in [-0.15, -0.1) is 3.89 Å². The van der Waals surface area contributed by atoms with Crippen LogP contribution in [0.25, 0.3) is 0 Å². The second-order valence-electron chi connectivity index (χ2n) is 4.97. The lowest BCUT2D eigenvalue weighted by Crippen LogP contribution is -2.25. The molecule has 2 rings (SSSR count). The molecule has 120 valence electrons. The summed E-state index contributed by atoms with van der Waals surface area (Å²) in [6.07, 6.45) is -0.0772. The molecule has 0 radical (unpaired) electrons. The van der Waals surface area contributed by atoms with Crippen molar-refractivity contribution in [2.75, 3.05) is 24.3 Å². The summed E-state index contributed by atoms with van der Waals surface area (Å²) >= 11 is 0. The van der Waals surface area contributed by atoms with Gasteiger partial charge in [0, 0.05) is 30.6 Å². The van der Waals surface area contributed by atoms with E-state index in [9.17, 15) is 21.9 Å². The summed E-state index contributed by atoms with van der Waals surface area (Å²) < 4.78 is 39.0. The Kier molecular flexibility index (Phi) is 4.36. The molecule has 0 aromatic heterocycles. The van der Waals surface area contributed by atoms with Crippen LogP contribution in [0.2, 0.25) is 0 Å². The third-order valence-corrected chi connectivity index (χ3v) is 4.24. The van der Waals surface area contributed by atoms with Crippen molar-refractivity contribution in [3.05, 3.63) is 23.8 Å². The predicted octanol–water partition coefficient (Wildman–Crippen LogP) is 1.05. The number of ether oxygens (including phenoxy) is 1. The number of carboxylic acid groups (broad SMARTS) is 1. The maximum Gasteiger partial charge on any atom is 0.339 e. The van der Waals surface area contributed by atoms with Crippen LogP contribution in [0.3, 0.4) is 0 Å². The smallest absolute Gasteiger partial charge is 0.339 e. The van der Waals surface area contributed by atoms with Crippen molar-refractivity contribution >= 4 is 27.8 Å². The Balaban J connectivity index is 2.25. The average Bonchev–Trinajstić information content (AvgIpc) is 2.76. The number of anilines is 1. The topological polar surface area (TPSA) is 101 Å². The summed E-state index contributed by atoms with van der Waals surface area (Å²) in [5, 5.41) is 9.01. The lowest BCUT2D eigenvalue weighted by atomic mass is 10.1. The number of hydrogen-bond acceptors (Lipinski definition) is 5. The number of carboxylic acids is 1. The minimum Gasteiger partial charge on any atom is -0.496 e. The highest BCUT2D eigenvalue weighted by Crippen LogP contribution is 2.30. The molecule has 1 N–H and O–H groups in total. The normalized spacial score (nSPS) is 18.5. The first kappa shape index (κ1) is 16.2. The fourth-order valence-corrected chi connectivity index (χ4v) is 3.24. The van der Waals surface area contributed by atoms with Gasteiger partial charge in [-0.3, -0.25) is 4.79 Å². The molecule has 0 aliphatic carbocycles. The molecule has 1 aromatic rings. The van der Waals surface area contributed by atoms with Crippen molar-refractivity contribution < 1.29 is 31.7 Å². The summed E-state index contributed by atoms with van der Waals surface area (Å²) in [5.41, 5.74) is 0.325. The van der Waals surface area contributed by atoms with Crippen LogP contribution in [0.15, 0.2) is 18.2 Å². The molecule has 7 nitrogen and oxygen atoms in total. The van der Waals surface area contributed by atoms with Gasteiger partial charge in [0.2, 0.25) is 5.91 Å². The second-order valence-corrected chi connectivity index (χ2v) is 6.38. The van der Waals surface area contributed by atoms with Gasteiger partial charge in [0.05, 0.1) is 12.9 Å². The fraction of sp³-hybridized carbons (Fsp3) is 0.385. The van der Waals surface area contributed by atoms with E-state index in [0.29, 0.717) is 5.69 Å². The van der Waals surface area contributed by atoms with Crippen LogP contribution in [-0.4, -0.2) is 44.8 Å². The van der Waals surface area contributed by atoms with E-state index in [-0.39, 0.29) is 30.2 Å². The fourth-order valence-electron chi connectivity index (χ4n) is 2.45. The van der Waals surface area contributed by atoms with E-state index in [1.54, 1.807) is 0 Å². The molecule has 1 aromatic carbocycles. The summed E-state index contributed by atoms with van der Waals surface area (Å²) in [5.74, 6) is -2.78. The van der Waals surface area contributed by atoms with Gasteiger partial charge in [0.1, 0.15) is 11.3 Å². The number of hydrogen-bond donors (Lipinski definition) is 1. The van der Waals surface area contributed by atoms with Crippen molar-refractivity contribution in [1.82, 2.24) is 0 Å². The SMILES string of the molecule is COc1cc(N2CC(CS(=O)(=O)F)CC2=O)ccc1C(=O)O. The van der Waals surface area contributed by atoms with Gasteiger partial charge in [0.25, 0.3) is 0 Å². The maximum atomic E-state index is 12.7. The zero-order chi connectivity index (χ0) is 16.5. The lowest BCUT2D eigenvalue weighted by Gasteiger charge is -2.18. The van der Waals surface area contributed by atoms with Crippen LogP contribution >= 0.6 is 0 Å². The quantitative estimate of drug-likeness (QED) is 0.809. The van der Waals surface area contributed by atoms with Crippen LogP contribution in [-0.2, 0) is 15.0 Å². The molecular formula is C13H14FNO6S. The Labute approximate surface area is 126 Å². The van der Waals surface area contributed by atoms with E-state index in [2.05, 4.69) is 0 Å². The number of methoxy groups -OCH3 is 1. The van der Waals surface area contributed by atoms with Gasteiger partial charge in [-0.05, 0) is 12.1 Å². The third kappa shape index (κ3) is 3.53. The summed E-state index contributed by atoms with van der Waals surface area (Å²) in [6, 6.07) is 4.10. The van der Waals surface area contributed by atoms with Crippen molar-refractivity contribution in [3.63, 3.8) is 0 Å². The molecule has 22 heavy (non-hydrogen) atoms. The number of nitrogens with zero attached hydrogens (tertiary/aromatic N) is 1. The monoisotopic (exact) mass is 331 g/mol. The highest BCUT2D eigenvalue weighted by molar-refractivity contribution is 7.86. The van der Waals surface area contributed by atoms with Crippen molar-refractivity contribution in [3.8, 4) is 5.75 Å². The third-order valence-electron chi connectivity index (χ3n) is 3.37. The predicted molar refractivity (Wildman–Crippen MR) is 75.3 cm³/mol. The number of benzene rings is 1. The first-order valence-electron chi connectivity index (χ1n) is 6.35. The number of rotatable bonds is 5. The van der Waals surface area contributed by atoms with E-state index < -0.39 is 27.9 Å². The molecule has 1 aliphatic heterocycles. The molecular weight excluding hydrogens is 317 g/mol. The summed E-state index contributed by atoms with van der Waals surface area (Å²) in [6.45, 7) is 0.0531. The van der Waals surface area contributed by atoms with E-state index in [1.807, 2.05) is 0 Å². The maximum absolute atomic E-state index is 12.7. The largest absolute Gasteiger partial charge is 0.496 e. The Morgan fingerprint density at radius 1 is 1.50 bits per heavy atom. The van der Waals surface area contributed by atoms with Crippen LogP contribution < -0.4 is 9.64 Å². The van der Waals surface area contributed by atoms with Crippen molar-refractivity contribution in [1.29, 1.82) is 0 Å². The van der Waals surface area contributed by atoms with Gasteiger partial charge in [-0.1, -0.05) is 0 Å². The number of amides is 1. The first-order chi connectivity index (χ1) is 10.2. The van der Waals surface area contributed by atoms with Crippen LogP contribution in [0.5, 0.6) is 5.75 Å². The Morgan fingerprint density at radius 3 is 2.73 bits per heavy atom. The Bertz CT molecular complexity index is 717. The van der Waals surface area contributed by atoms with Crippen molar-refractivity contribution in [2.45, 2.75) is 6.42 Å². The van der Waals surface area contributed by atoms with E-state index in [0.717, 1.165) is 0 Å². The highest BCUT2D eigenvalue weighted by Gasteiger charge is 2.34. The number of carbonyl (C=O) groups excluding carboxylic acids is 1. The lowest BCUT2D eigenvalue weighted by molar-refractivity contribution is -0.117. The molecule has 0 spiro atoms. The summed E-state index contributed by atoms with van der Waals surface area (Å²) in [7, 11) is -3.35. The standard InChI is InChI=1S/C13H14FNO6S/c1-21-11-5-9(2-3-10(11)13(17)18)15-6-8(4-12(15)16)7-22(14,19)20/h2-3,5,8H,4,6-7H2,1H3,(H,17,18). The van der Waals surface area contributed by atoms with Crippen molar-refractivity contribution in [2.24, 2.45) is 5.92 Å². The minimum atomic E-state index is -4.65.